The predicted octanol–water partition coefficient (Wildman–Crippen LogP) is 0.164. The highest BCUT2D eigenvalue weighted by Gasteiger charge is 2.32. The van der Waals surface area contributed by atoms with Crippen molar-refractivity contribution >= 4 is 29.5 Å². The van der Waals surface area contributed by atoms with Gasteiger partial charge in [0.1, 0.15) is 0 Å². The van der Waals surface area contributed by atoms with Gasteiger partial charge in [-0.15, -0.1) is 0 Å². The fourth-order valence-electron chi connectivity index (χ4n) is 1.18. The van der Waals surface area contributed by atoms with Gasteiger partial charge in [0.2, 0.25) is 12.1 Å². The average Bonchev–Trinajstić information content (AvgIpc) is 2.46. The summed E-state index contributed by atoms with van der Waals surface area (Å²) in [6.45, 7) is 1.23. The minimum atomic E-state index is -0.880. The molecule has 1 atom stereocenters. The van der Waals surface area contributed by atoms with Crippen molar-refractivity contribution in [3.05, 3.63) is 12.2 Å². The Morgan fingerprint density at radius 2 is 2.27 bits per heavy atom. The Morgan fingerprint density at radius 3 is 2.80 bits per heavy atom. The van der Waals surface area contributed by atoms with E-state index in [0.717, 1.165) is 4.90 Å². The van der Waals surface area contributed by atoms with E-state index < -0.39 is 18.1 Å². The number of thioether (sulfide) groups is 1. The molecule has 0 saturated heterocycles. The van der Waals surface area contributed by atoms with E-state index in [1.807, 2.05) is 0 Å². The van der Waals surface area contributed by atoms with Crippen LogP contribution in [0.5, 0.6) is 0 Å². The van der Waals surface area contributed by atoms with Gasteiger partial charge in [-0.05, 0) is 12.3 Å². The average molecular weight is 229 g/mol. The maximum absolute atomic E-state index is 11.5. The molecule has 0 aromatic heterocycles. The third-order valence-corrected chi connectivity index (χ3v) is 2.25. The first-order chi connectivity index (χ1) is 7.06. The van der Waals surface area contributed by atoms with Crippen LogP contribution in [0.3, 0.4) is 0 Å². The molecule has 6 heteroatoms. The van der Waals surface area contributed by atoms with Gasteiger partial charge in [-0.1, -0.05) is 0 Å². The lowest BCUT2D eigenvalue weighted by atomic mass is 10.5. The zero-order chi connectivity index (χ0) is 11.4. The van der Waals surface area contributed by atoms with E-state index in [1.165, 1.54) is 30.8 Å². The van der Waals surface area contributed by atoms with E-state index in [9.17, 15) is 14.4 Å². The molecule has 15 heavy (non-hydrogen) atoms. The van der Waals surface area contributed by atoms with E-state index in [1.54, 1.807) is 6.26 Å². The van der Waals surface area contributed by atoms with Crippen molar-refractivity contribution in [3.63, 3.8) is 0 Å². The van der Waals surface area contributed by atoms with E-state index >= 15 is 0 Å². The summed E-state index contributed by atoms with van der Waals surface area (Å²) in [5.74, 6) is -1.14. The Hall–Kier alpha value is -1.30. The molecule has 1 heterocycles. The number of hydrogen-bond acceptors (Lipinski definition) is 5. The number of ether oxygens (including phenoxy) is 1. The zero-order valence-electron chi connectivity index (χ0n) is 8.43. The third kappa shape index (κ3) is 2.82. The Bertz CT molecular complexity index is 326. The van der Waals surface area contributed by atoms with Gasteiger partial charge in [0, 0.05) is 13.0 Å². The lowest BCUT2D eigenvalue weighted by molar-refractivity contribution is -0.159. The van der Waals surface area contributed by atoms with Gasteiger partial charge < -0.3 is 4.74 Å². The fourth-order valence-corrected chi connectivity index (χ4v) is 1.56. The summed E-state index contributed by atoms with van der Waals surface area (Å²) in [5, 5.41) is 0. The number of imide groups is 1. The lowest BCUT2D eigenvalue weighted by Crippen LogP contribution is -2.42. The molecule has 0 saturated carbocycles. The predicted molar refractivity (Wildman–Crippen MR) is 54.9 cm³/mol. The first-order valence-corrected chi connectivity index (χ1v) is 5.66. The Morgan fingerprint density at radius 1 is 1.60 bits per heavy atom. The fraction of sp³-hybridized carbons (Fsp3) is 0.444. The van der Waals surface area contributed by atoms with Crippen molar-refractivity contribution in [3.8, 4) is 0 Å². The normalized spacial score (nSPS) is 19.5. The highest BCUT2D eigenvalue weighted by atomic mass is 32.2. The van der Waals surface area contributed by atoms with Crippen molar-refractivity contribution in [2.45, 2.75) is 13.2 Å². The minimum Gasteiger partial charge on any atom is -0.437 e. The van der Waals surface area contributed by atoms with Crippen molar-refractivity contribution in [1.82, 2.24) is 4.90 Å². The smallest absolute Gasteiger partial charge is 0.304 e. The third-order valence-electron chi connectivity index (χ3n) is 1.72. The molecule has 0 aromatic rings. The van der Waals surface area contributed by atoms with E-state index in [-0.39, 0.29) is 11.7 Å². The highest BCUT2D eigenvalue weighted by Crippen LogP contribution is 2.14. The van der Waals surface area contributed by atoms with Gasteiger partial charge in [-0.2, -0.15) is 11.8 Å². The van der Waals surface area contributed by atoms with Crippen LogP contribution < -0.4 is 0 Å². The summed E-state index contributed by atoms with van der Waals surface area (Å²) < 4.78 is 4.81. The number of esters is 1. The van der Waals surface area contributed by atoms with Gasteiger partial charge in [0.15, 0.2) is 0 Å². The van der Waals surface area contributed by atoms with E-state index in [0.29, 0.717) is 0 Å². The zero-order valence-corrected chi connectivity index (χ0v) is 9.24. The molecule has 0 radical (unpaired) electrons. The van der Waals surface area contributed by atoms with Crippen molar-refractivity contribution in [2.24, 2.45) is 0 Å². The molecule has 0 bridgehead atoms. The summed E-state index contributed by atoms with van der Waals surface area (Å²) in [6, 6.07) is 0. The van der Waals surface area contributed by atoms with Crippen LogP contribution in [0.15, 0.2) is 12.2 Å². The van der Waals surface area contributed by atoms with Crippen LogP contribution in [0, 0.1) is 0 Å². The maximum Gasteiger partial charge on any atom is 0.304 e. The molecular formula is C9H11NO4S. The summed E-state index contributed by atoms with van der Waals surface area (Å²) in [4.78, 5) is 34.5. The number of hydrogen-bond donors (Lipinski definition) is 0. The molecular weight excluding hydrogens is 218 g/mol. The van der Waals surface area contributed by atoms with Crippen LogP contribution in [0.25, 0.3) is 0 Å². The second-order valence-electron chi connectivity index (χ2n) is 2.89. The van der Waals surface area contributed by atoms with Crippen LogP contribution in [0.4, 0.5) is 0 Å². The molecule has 2 amide bonds. The van der Waals surface area contributed by atoms with Gasteiger partial charge in [0.25, 0.3) is 5.91 Å². The SMILES string of the molecule is CSCC(=O)N1C(=O)C=C[C@H]1OC(C)=O. The number of carbonyl (C=O) groups is 3. The molecule has 5 nitrogen and oxygen atoms in total. The maximum atomic E-state index is 11.5. The van der Waals surface area contributed by atoms with Gasteiger partial charge in [0.05, 0.1) is 5.75 Å². The van der Waals surface area contributed by atoms with Crippen LogP contribution in [0.2, 0.25) is 0 Å². The summed E-state index contributed by atoms with van der Waals surface area (Å²) in [5.41, 5.74) is 0. The van der Waals surface area contributed by atoms with Gasteiger partial charge >= 0.3 is 5.97 Å². The van der Waals surface area contributed by atoms with Crippen molar-refractivity contribution in [2.75, 3.05) is 12.0 Å². The summed E-state index contributed by atoms with van der Waals surface area (Å²) in [7, 11) is 0. The van der Waals surface area contributed by atoms with Crippen LogP contribution in [-0.2, 0) is 19.1 Å². The second-order valence-corrected chi connectivity index (χ2v) is 3.76. The molecule has 0 fully saturated rings. The van der Waals surface area contributed by atoms with Gasteiger partial charge in [-0.25, -0.2) is 4.90 Å². The highest BCUT2D eigenvalue weighted by molar-refractivity contribution is 7.99. The van der Waals surface area contributed by atoms with Crippen molar-refractivity contribution in [1.29, 1.82) is 0 Å². The van der Waals surface area contributed by atoms with Crippen molar-refractivity contribution < 1.29 is 19.1 Å². The Kier molecular flexibility index (Phi) is 3.90. The lowest BCUT2D eigenvalue weighted by Gasteiger charge is -2.21. The summed E-state index contributed by atoms with van der Waals surface area (Å²) >= 11 is 1.31. The summed E-state index contributed by atoms with van der Waals surface area (Å²) in [6.07, 6.45) is 3.50. The Balaban J connectivity index is 2.71. The molecule has 1 aliphatic heterocycles. The molecule has 0 aliphatic carbocycles. The minimum absolute atomic E-state index is 0.186. The first-order valence-electron chi connectivity index (χ1n) is 4.26. The number of carbonyl (C=O) groups excluding carboxylic acids is 3. The molecule has 0 aromatic carbocycles. The van der Waals surface area contributed by atoms with Crippen LogP contribution >= 0.6 is 11.8 Å². The number of amides is 2. The molecule has 1 rings (SSSR count). The number of rotatable bonds is 3. The van der Waals surface area contributed by atoms with E-state index in [4.69, 9.17) is 4.74 Å². The first kappa shape index (κ1) is 11.8. The second kappa shape index (κ2) is 4.97. The molecule has 82 valence electrons. The number of nitrogens with zero attached hydrogens (tertiary/aromatic N) is 1. The molecule has 0 spiro atoms. The van der Waals surface area contributed by atoms with Crippen LogP contribution in [-0.4, -0.2) is 40.9 Å². The molecule has 0 unspecified atom stereocenters. The molecule has 0 N–H and O–H groups in total. The molecule has 1 aliphatic rings. The topological polar surface area (TPSA) is 63.7 Å². The van der Waals surface area contributed by atoms with E-state index in [2.05, 4.69) is 0 Å². The van der Waals surface area contributed by atoms with Crippen LogP contribution in [0.1, 0.15) is 6.92 Å². The largest absolute Gasteiger partial charge is 0.437 e. The monoisotopic (exact) mass is 229 g/mol. The standard InChI is InChI=1S/C9H11NO4S/c1-6(11)14-9-4-3-7(12)10(9)8(13)5-15-2/h3-4,9H,5H2,1-2H3/t9-/m1/s1. The van der Waals surface area contributed by atoms with Gasteiger partial charge in [-0.3, -0.25) is 14.4 Å². The quantitative estimate of drug-likeness (QED) is 0.645. The Labute approximate surface area is 91.4 Å².